The lowest BCUT2D eigenvalue weighted by Gasteiger charge is -2.12. The summed E-state index contributed by atoms with van der Waals surface area (Å²) < 4.78 is 7.75. The maximum atomic E-state index is 5.95. The first-order valence-electron chi connectivity index (χ1n) is 6.77. The molecule has 0 unspecified atom stereocenters. The Morgan fingerprint density at radius 3 is 2.65 bits per heavy atom. The van der Waals surface area contributed by atoms with Crippen molar-refractivity contribution in [2.75, 3.05) is 0 Å². The Labute approximate surface area is 121 Å². The average molecular weight is 287 g/mol. The zero-order chi connectivity index (χ0) is 14.7. The fourth-order valence-corrected chi connectivity index (χ4v) is 2.66. The summed E-state index contributed by atoms with van der Waals surface area (Å²) in [5.74, 6) is 0.879. The van der Waals surface area contributed by atoms with Crippen LogP contribution in [0.25, 0.3) is 0 Å². The van der Waals surface area contributed by atoms with Crippen molar-refractivity contribution in [3.63, 3.8) is 0 Å². The number of aliphatic imine (C=N–C) groups is 1. The largest absolute Gasteiger partial charge is 0.546 e. The van der Waals surface area contributed by atoms with Crippen molar-refractivity contribution in [1.29, 1.82) is 0 Å². The lowest BCUT2D eigenvalue weighted by molar-refractivity contribution is 0.581. The molecule has 4 nitrogen and oxygen atoms in total. The van der Waals surface area contributed by atoms with Crippen LogP contribution in [0.1, 0.15) is 16.8 Å². The first kappa shape index (κ1) is 14.5. The summed E-state index contributed by atoms with van der Waals surface area (Å²) >= 11 is 0. The lowest BCUT2D eigenvalue weighted by atomic mass is 10.2. The normalized spacial score (nSPS) is 11.5. The molecule has 1 aromatic heterocycles. The topological polar surface area (TPSA) is 39.4 Å². The van der Waals surface area contributed by atoms with E-state index < -0.39 is 9.04 Å². The maximum absolute atomic E-state index is 5.95. The van der Waals surface area contributed by atoms with Crippen molar-refractivity contribution in [1.82, 2.24) is 9.78 Å². The van der Waals surface area contributed by atoms with Crippen LogP contribution in [0.3, 0.4) is 0 Å². The van der Waals surface area contributed by atoms with E-state index in [1.54, 1.807) is 4.68 Å². The zero-order valence-electron chi connectivity index (χ0n) is 12.7. The monoisotopic (exact) mass is 287 g/mol. The summed E-state index contributed by atoms with van der Waals surface area (Å²) in [5.41, 5.74) is 4.07. The average Bonchev–Trinajstić information content (AvgIpc) is 2.66. The molecule has 0 bridgehead atoms. The van der Waals surface area contributed by atoms with E-state index in [2.05, 4.69) is 42.2 Å². The van der Waals surface area contributed by atoms with E-state index in [0.717, 1.165) is 22.7 Å². The first-order chi connectivity index (χ1) is 9.45. The molecule has 0 amide bonds. The van der Waals surface area contributed by atoms with Crippen LogP contribution in [-0.2, 0) is 7.05 Å². The Balaban J connectivity index is 2.30. The molecule has 0 atom stereocenters. The minimum absolute atomic E-state index is 0.875. The van der Waals surface area contributed by atoms with Crippen LogP contribution >= 0.6 is 0 Å². The van der Waals surface area contributed by atoms with Crippen LogP contribution < -0.4 is 4.43 Å². The third-order valence-corrected chi connectivity index (χ3v) is 3.60. The van der Waals surface area contributed by atoms with Crippen molar-refractivity contribution in [2.45, 2.75) is 26.9 Å². The summed E-state index contributed by atoms with van der Waals surface area (Å²) in [5, 5.41) is 4.31. The molecule has 5 heteroatoms. The molecule has 2 rings (SSSR count). The van der Waals surface area contributed by atoms with Crippen LogP contribution in [0.15, 0.2) is 29.4 Å². The predicted molar refractivity (Wildman–Crippen MR) is 85.9 cm³/mol. The third-order valence-electron chi connectivity index (χ3n) is 2.87. The Hall–Kier alpha value is -1.88. The van der Waals surface area contributed by atoms with Crippen LogP contribution in [0.5, 0.6) is 5.75 Å². The number of aryl methyl sites for hydroxylation is 3. The number of rotatable bonds is 4. The van der Waals surface area contributed by atoms with Gasteiger partial charge in [0.15, 0.2) is 0 Å². The Morgan fingerprint density at radius 2 is 2.05 bits per heavy atom. The van der Waals surface area contributed by atoms with Gasteiger partial charge in [0.25, 0.3) is 0 Å². The van der Waals surface area contributed by atoms with Gasteiger partial charge in [-0.3, -0.25) is 9.67 Å². The summed E-state index contributed by atoms with van der Waals surface area (Å²) in [6.07, 6.45) is 3.81. The highest BCUT2D eigenvalue weighted by molar-refractivity contribution is 6.49. The van der Waals surface area contributed by atoms with Crippen molar-refractivity contribution < 1.29 is 4.43 Å². The molecule has 0 radical (unpaired) electrons. The molecule has 0 saturated heterocycles. The highest BCUT2D eigenvalue weighted by atomic mass is 28.3. The molecule has 0 aliphatic carbocycles. The summed E-state index contributed by atoms with van der Waals surface area (Å²) in [7, 11) is 0.771. The van der Waals surface area contributed by atoms with Gasteiger partial charge in [0.2, 0.25) is 9.04 Å². The number of benzene rings is 1. The number of aromatic nitrogens is 2. The smallest absolute Gasteiger partial charge is 0.229 e. The van der Waals surface area contributed by atoms with Crippen molar-refractivity contribution in [3.05, 3.63) is 41.2 Å². The van der Waals surface area contributed by atoms with Crippen molar-refractivity contribution >= 4 is 20.9 Å². The second kappa shape index (κ2) is 6.05. The standard InChI is InChI=1S/C15H21N3OSi/c1-11-6-7-14(15(8-11)19-20(4)5)16-9-13-10-18(3)17-12(13)2/h6-10,20H,1-5H3. The van der Waals surface area contributed by atoms with Gasteiger partial charge in [-0.05, 0) is 44.6 Å². The molecule has 1 heterocycles. The molecule has 20 heavy (non-hydrogen) atoms. The van der Waals surface area contributed by atoms with Gasteiger partial charge in [-0.15, -0.1) is 0 Å². The van der Waals surface area contributed by atoms with Gasteiger partial charge in [0, 0.05) is 25.0 Å². The molecule has 0 spiro atoms. The highest BCUT2D eigenvalue weighted by Crippen LogP contribution is 2.29. The van der Waals surface area contributed by atoms with Crippen LogP contribution in [0.2, 0.25) is 13.1 Å². The van der Waals surface area contributed by atoms with Gasteiger partial charge < -0.3 is 4.43 Å². The number of hydrogen-bond acceptors (Lipinski definition) is 3. The fourth-order valence-electron chi connectivity index (χ4n) is 1.96. The summed E-state index contributed by atoms with van der Waals surface area (Å²) in [6, 6.07) is 6.11. The fraction of sp³-hybridized carbons (Fsp3) is 0.333. The number of hydrogen-bond donors (Lipinski definition) is 0. The molecular formula is C15H21N3OSi. The van der Waals surface area contributed by atoms with E-state index in [9.17, 15) is 0 Å². The maximum Gasteiger partial charge on any atom is 0.229 e. The minimum atomic E-state index is -1.14. The summed E-state index contributed by atoms with van der Waals surface area (Å²) in [6.45, 7) is 8.35. The quantitative estimate of drug-likeness (QED) is 0.640. The molecule has 1 aromatic carbocycles. The van der Waals surface area contributed by atoms with Gasteiger partial charge in [-0.1, -0.05) is 6.07 Å². The van der Waals surface area contributed by atoms with E-state index in [1.165, 1.54) is 5.56 Å². The van der Waals surface area contributed by atoms with E-state index >= 15 is 0 Å². The predicted octanol–water partition coefficient (Wildman–Crippen LogP) is 3.15. The second-order valence-electron chi connectivity index (χ2n) is 5.24. The molecule has 0 aliphatic heterocycles. The van der Waals surface area contributed by atoms with Crippen molar-refractivity contribution in [2.24, 2.45) is 12.0 Å². The Morgan fingerprint density at radius 1 is 1.30 bits per heavy atom. The number of nitrogens with zero attached hydrogens (tertiary/aromatic N) is 3. The van der Waals surface area contributed by atoms with Gasteiger partial charge in [-0.2, -0.15) is 5.10 Å². The third kappa shape index (κ3) is 3.57. The van der Waals surface area contributed by atoms with Crippen LogP contribution in [-0.4, -0.2) is 25.0 Å². The van der Waals surface area contributed by atoms with Gasteiger partial charge in [0.1, 0.15) is 11.4 Å². The van der Waals surface area contributed by atoms with Gasteiger partial charge >= 0.3 is 0 Å². The van der Waals surface area contributed by atoms with Crippen LogP contribution in [0, 0.1) is 13.8 Å². The summed E-state index contributed by atoms with van der Waals surface area (Å²) in [4.78, 5) is 4.56. The molecule has 0 aliphatic rings. The Kier molecular flexibility index (Phi) is 4.39. The van der Waals surface area contributed by atoms with Crippen LogP contribution in [0.4, 0.5) is 5.69 Å². The molecule has 106 valence electrons. The van der Waals surface area contributed by atoms with E-state index in [0.29, 0.717) is 0 Å². The second-order valence-corrected chi connectivity index (χ2v) is 7.57. The molecule has 0 saturated carbocycles. The minimum Gasteiger partial charge on any atom is -0.546 e. The Bertz CT molecular complexity index is 632. The SMILES string of the molecule is Cc1ccc(N=Cc2cn(C)nc2C)c(O[SiH](C)C)c1. The molecule has 2 aromatic rings. The molecular weight excluding hydrogens is 266 g/mol. The zero-order valence-corrected chi connectivity index (χ0v) is 13.9. The molecule has 0 N–H and O–H groups in total. The lowest BCUT2D eigenvalue weighted by Crippen LogP contribution is -2.11. The van der Waals surface area contributed by atoms with Gasteiger partial charge in [-0.25, -0.2) is 0 Å². The van der Waals surface area contributed by atoms with E-state index in [1.807, 2.05) is 32.4 Å². The van der Waals surface area contributed by atoms with Crippen molar-refractivity contribution in [3.8, 4) is 5.75 Å². The van der Waals surface area contributed by atoms with Gasteiger partial charge in [0.05, 0.1) is 5.69 Å². The molecule has 0 fully saturated rings. The highest BCUT2D eigenvalue weighted by Gasteiger charge is 2.06. The van der Waals surface area contributed by atoms with E-state index in [4.69, 9.17) is 4.43 Å². The first-order valence-corrected chi connectivity index (χ1v) is 9.55. The van der Waals surface area contributed by atoms with E-state index in [-0.39, 0.29) is 0 Å².